The van der Waals surface area contributed by atoms with Crippen LogP contribution in [0, 0.1) is 0 Å². The maximum absolute atomic E-state index is 6.31. The topological polar surface area (TPSA) is 18.5 Å². The van der Waals surface area contributed by atoms with E-state index < -0.39 is 26.2 Å². The zero-order chi connectivity index (χ0) is 18.1. The van der Waals surface area contributed by atoms with Gasteiger partial charge in [0.1, 0.15) is 5.91 Å². The lowest BCUT2D eigenvalue weighted by atomic mass is 10.2. The predicted octanol–water partition coefficient (Wildman–Crippen LogP) is 4.85. The Kier molecular flexibility index (Phi) is 8.86. The van der Waals surface area contributed by atoms with Gasteiger partial charge < -0.3 is 8.85 Å². The average molecular weight is 377 g/mol. The van der Waals surface area contributed by atoms with E-state index in [2.05, 4.69) is 75.8 Å². The molecule has 0 bridgehead atoms. The van der Waals surface area contributed by atoms with E-state index >= 15 is 0 Å². The smallest absolute Gasteiger partial charge is 0.213 e. The third kappa shape index (κ3) is 8.75. The molecule has 0 aliphatic carbocycles. The van der Waals surface area contributed by atoms with E-state index in [9.17, 15) is 0 Å². The fraction of sp³-hybridized carbons (Fsp3) is 0.368. The van der Waals surface area contributed by atoms with Gasteiger partial charge in [-0.3, -0.25) is 0 Å². The summed E-state index contributed by atoms with van der Waals surface area (Å²) in [6.07, 6.45) is 5.53. The lowest BCUT2D eigenvalue weighted by Crippen LogP contribution is -2.44. The molecule has 0 spiro atoms. The van der Waals surface area contributed by atoms with Crippen molar-refractivity contribution in [3.8, 4) is 0 Å². The van der Waals surface area contributed by atoms with E-state index in [1.54, 1.807) is 0 Å². The Hall–Kier alpha value is -0.989. The summed E-state index contributed by atoms with van der Waals surface area (Å²) in [6.45, 7) is 16.5. The summed E-state index contributed by atoms with van der Waals surface area (Å²) in [6, 6.07) is 11.6. The predicted molar refractivity (Wildman–Crippen MR) is 115 cm³/mol. The largest absolute Gasteiger partial charge is 0.393 e. The fourth-order valence-electron chi connectivity index (χ4n) is 2.10. The highest BCUT2D eigenvalue weighted by atomic mass is 28.4. The van der Waals surface area contributed by atoms with Gasteiger partial charge in [-0.25, -0.2) is 0 Å². The van der Waals surface area contributed by atoms with E-state index in [-0.39, 0.29) is 5.91 Å². The molecule has 24 heavy (non-hydrogen) atoms. The first-order chi connectivity index (χ1) is 11.3. The molecular formula is C19H32O2Si3. The van der Waals surface area contributed by atoms with E-state index in [1.807, 2.05) is 17.5 Å². The number of allylic oxidation sites excluding steroid dienone is 1. The molecule has 1 rings (SSSR count). The summed E-state index contributed by atoms with van der Waals surface area (Å²) >= 11 is 0. The van der Waals surface area contributed by atoms with E-state index in [4.69, 9.17) is 8.85 Å². The SMILES string of the molecule is C=C[Si](C)(C)OC(O[Si](C)(C)C=C)[SiH2]CCC=Cc1ccccc1. The number of benzene rings is 1. The Labute approximate surface area is 152 Å². The van der Waals surface area contributed by atoms with Crippen molar-refractivity contribution in [2.24, 2.45) is 0 Å². The van der Waals surface area contributed by atoms with Crippen molar-refractivity contribution in [3.63, 3.8) is 0 Å². The molecule has 0 heterocycles. The van der Waals surface area contributed by atoms with Crippen molar-refractivity contribution < 1.29 is 8.85 Å². The van der Waals surface area contributed by atoms with E-state index in [0.29, 0.717) is 0 Å². The van der Waals surface area contributed by atoms with Crippen molar-refractivity contribution in [2.75, 3.05) is 0 Å². The van der Waals surface area contributed by atoms with Crippen LogP contribution in [0.3, 0.4) is 0 Å². The Bertz CT molecular complexity index is 517. The standard InChI is InChI=1S/C19H32O2Si3/c1-7-23(3,4)20-19(21-24(5,6)8-2)22-17-13-12-16-18-14-10-9-11-15-18/h7-12,14-16,19H,1-2,13,17,22H2,3-6H3. The molecule has 1 aromatic rings. The second kappa shape index (κ2) is 10.1. The minimum absolute atomic E-state index is 0.0190. The normalized spacial score (nSPS) is 13.2. The summed E-state index contributed by atoms with van der Waals surface area (Å²) in [5.74, 6) is -0.0190. The maximum atomic E-state index is 6.31. The van der Waals surface area contributed by atoms with Gasteiger partial charge in [-0.1, -0.05) is 59.9 Å². The third-order valence-electron chi connectivity index (χ3n) is 3.77. The molecule has 0 amide bonds. The molecule has 0 fully saturated rings. The van der Waals surface area contributed by atoms with Crippen LogP contribution in [0.25, 0.3) is 6.08 Å². The van der Waals surface area contributed by atoms with Crippen LogP contribution in [0.2, 0.25) is 32.2 Å². The van der Waals surface area contributed by atoms with Crippen molar-refractivity contribution >= 4 is 32.2 Å². The molecule has 132 valence electrons. The Morgan fingerprint density at radius 1 is 1.00 bits per heavy atom. The summed E-state index contributed by atoms with van der Waals surface area (Å²) in [5.41, 5.74) is 5.22. The number of rotatable bonds is 11. The molecule has 0 aliphatic rings. The van der Waals surface area contributed by atoms with Crippen molar-refractivity contribution in [3.05, 3.63) is 66.5 Å². The highest BCUT2D eigenvalue weighted by molar-refractivity contribution is 6.77. The van der Waals surface area contributed by atoms with Gasteiger partial charge in [0.2, 0.25) is 16.6 Å². The van der Waals surface area contributed by atoms with Crippen LogP contribution in [-0.4, -0.2) is 32.1 Å². The van der Waals surface area contributed by atoms with Gasteiger partial charge in [0, 0.05) is 0 Å². The van der Waals surface area contributed by atoms with Crippen molar-refractivity contribution in [1.29, 1.82) is 0 Å². The number of hydrogen-bond donors (Lipinski definition) is 0. The van der Waals surface area contributed by atoms with Crippen LogP contribution in [0.4, 0.5) is 0 Å². The van der Waals surface area contributed by atoms with Gasteiger partial charge in [0.15, 0.2) is 0 Å². The van der Waals surface area contributed by atoms with Gasteiger partial charge in [-0.2, -0.15) is 0 Å². The van der Waals surface area contributed by atoms with E-state index in [0.717, 1.165) is 6.42 Å². The summed E-state index contributed by atoms with van der Waals surface area (Å²) in [7, 11) is -4.14. The first-order valence-electron chi connectivity index (χ1n) is 8.62. The van der Waals surface area contributed by atoms with Crippen LogP contribution in [0.15, 0.2) is 61.0 Å². The minimum atomic E-state index is -1.83. The van der Waals surface area contributed by atoms with Gasteiger partial charge in [0.25, 0.3) is 0 Å². The molecule has 2 nitrogen and oxygen atoms in total. The van der Waals surface area contributed by atoms with Gasteiger partial charge >= 0.3 is 0 Å². The Morgan fingerprint density at radius 3 is 2.04 bits per heavy atom. The molecule has 0 saturated carbocycles. The molecule has 0 aliphatic heterocycles. The van der Waals surface area contributed by atoms with Crippen molar-refractivity contribution in [2.45, 2.75) is 44.6 Å². The highest BCUT2D eigenvalue weighted by Crippen LogP contribution is 2.16. The van der Waals surface area contributed by atoms with Crippen LogP contribution < -0.4 is 0 Å². The van der Waals surface area contributed by atoms with Crippen LogP contribution in [0.1, 0.15) is 12.0 Å². The van der Waals surface area contributed by atoms with Crippen LogP contribution in [0.5, 0.6) is 0 Å². The van der Waals surface area contributed by atoms with Crippen molar-refractivity contribution in [1.82, 2.24) is 0 Å². The zero-order valence-corrected chi connectivity index (χ0v) is 19.0. The zero-order valence-electron chi connectivity index (χ0n) is 15.6. The van der Waals surface area contributed by atoms with Gasteiger partial charge in [0.05, 0.1) is 9.52 Å². The molecule has 0 atom stereocenters. The molecule has 0 unspecified atom stereocenters. The molecule has 0 saturated heterocycles. The summed E-state index contributed by atoms with van der Waals surface area (Å²) < 4.78 is 12.6. The van der Waals surface area contributed by atoms with Crippen LogP contribution in [-0.2, 0) is 8.85 Å². The quantitative estimate of drug-likeness (QED) is 0.312. The fourth-order valence-corrected chi connectivity index (χ4v) is 8.17. The van der Waals surface area contributed by atoms with Crippen LogP contribution >= 0.6 is 0 Å². The molecular weight excluding hydrogens is 344 g/mol. The lowest BCUT2D eigenvalue weighted by molar-refractivity contribution is 0.0631. The van der Waals surface area contributed by atoms with E-state index in [1.165, 1.54) is 11.6 Å². The second-order valence-corrected chi connectivity index (χ2v) is 16.7. The first kappa shape index (κ1) is 21.1. The molecule has 0 N–H and O–H groups in total. The van der Waals surface area contributed by atoms with Gasteiger partial charge in [-0.05, 0) is 38.2 Å². The molecule has 0 aromatic heterocycles. The molecule has 5 heteroatoms. The highest BCUT2D eigenvalue weighted by Gasteiger charge is 2.28. The van der Waals surface area contributed by atoms with Gasteiger partial charge in [-0.15, -0.1) is 13.2 Å². The number of hydrogen-bond acceptors (Lipinski definition) is 2. The molecule has 0 radical (unpaired) electrons. The third-order valence-corrected chi connectivity index (χ3v) is 9.77. The average Bonchev–Trinajstić information content (AvgIpc) is 2.55. The molecule has 1 aromatic carbocycles. The Morgan fingerprint density at radius 2 is 1.54 bits per heavy atom. The first-order valence-corrected chi connectivity index (χ1v) is 16.4. The second-order valence-electron chi connectivity index (χ2n) is 7.02. The lowest BCUT2D eigenvalue weighted by Gasteiger charge is -2.32. The maximum Gasteiger partial charge on any atom is 0.213 e. The minimum Gasteiger partial charge on any atom is -0.393 e. The summed E-state index contributed by atoms with van der Waals surface area (Å²) in [5, 5.41) is 0. The monoisotopic (exact) mass is 376 g/mol. The Balaban J connectivity index is 2.53. The summed E-state index contributed by atoms with van der Waals surface area (Å²) in [4.78, 5) is 0.